The third-order valence-corrected chi connectivity index (χ3v) is 6.36. The van der Waals surface area contributed by atoms with Crippen molar-refractivity contribution >= 4 is 23.4 Å². The first-order chi connectivity index (χ1) is 11.1. The standard InChI is InChI=1S/C19H28N2OS/c1-15-12-13-21(17-10-6-7-11-18(17)23-15)19(22)14-20(2)16-8-4-3-5-9-16/h6-7,10-11,15-16H,3-5,8-9,12-14H2,1-2H3. The predicted octanol–water partition coefficient (Wildman–Crippen LogP) is 4.17. The molecule has 1 aliphatic heterocycles. The number of carbonyl (C=O) groups excluding carboxylic acids is 1. The zero-order valence-electron chi connectivity index (χ0n) is 14.3. The molecule has 0 saturated heterocycles. The minimum atomic E-state index is 0.250. The Balaban J connectivity index is 1.71. The van der Waals surface area contributed by atoms with E-state index in [4.69, 9.17) is 0 Å². The van der Waals surface area contributed by atoms with Gasteiger partial charge in [0.1, 0.15) is 0 Å². The normalized spacial score (nSPS) is 22.7. The monoisotopic (exact) mass is 332 g/mol. The number of hydrogen-bond donors (Lipinski definition) is 0. The van der Waals surface area contributed by atoms with Gasteiger partial charge >= 0.3 is 0 Å². The molecule has 1 amide bonds. The van der Waals surface area contributed by atoms with Crippen molar-refractivity contribution in [2.45, 2.75) is 61.6 Å². The molecule has 23 heavy (non-hydrogen) atoms. The van der Waals surface area contributed by atoms with Crippen LogP contribution in [0.1, 0.15) is 45.4 Å². The average molecular weight is 333 g/mol. The minimum Gasteiger partial charge on any atom is -0.310 e. The largest absolute Gasteiger partial charge is 0.310 e. The molecule has 1 atom stereocenters. The van der Waals surface area contributed by atoms with Gasteiger partial charge in [0.2, 0.25) is 5.91 Å². The van der Waals surface area contributed by atoms with Crippen LogP contribution >= 0.6 is 11.8 Å². The average Bonchev–Trinajstić information content (AvgIpc) is 2.73. The molecular weight excluding hydrogens is 304 g/mol. The minimum absolute atomic E-state index is 0.250. The molecule has 4 heteroatoms. The summed E-state index contributed by atoms with van der Waals surface area (Å²) in [6.07, 6.45) is 7.51. The van der Waals surface area contributed by atoms with Crippen molar-refractivity contribution in [3.8, 4) is 0 Å². The van der Waals surface area contributed by atoms with Crippen LogP contribution in [0.3, 0.4) is 0 Å². The first kappa shape index (κ1) is 16.8. The Hall–Kier alpha value is -1.00. The maximum atomic E-state index is 12.9. The highest BCUT2D eigenvalue weighted by Gasteiger charge is 2.26. The van der Waals surface area contributed by atoms with Gasteiger partial charge in [0, 0.05) is 22.7 Å². The summed E-state index contributed by atoms with van der Waals surface area (Å²) in [7, 11) is 2.12. The first-order valence-electron chi connectivity index (χ1n) is 8.91. The zero-order chi connectivity index (χ0) is 16.2. The van der Waals surface area contributed by atoms with Gasteiger partial charge in [0.05, 0.1) is 12.2 Å². The summed E-state index contributed by atoms with van der Waals surface area (Å²) in [5.74, 6) is 0.250. The SMILES string of the molecule is CC1CCN(C(=O)CN(C)C2CCCCC2)c2ccccc2S1. The van der Waals surface area contributed by atoms with Gasteiger partial charge in [-0.05, 0) is 38.4 Å². The number of carbonyl (C=O) groups is 1. The molecule has 0 bridgehead atoms. The number of benzene rings is 1. The fourth-order valence-corrected chi connectivity index (χ4v) is 4.81. The topological polar surface area (TPSA) is 23.6 Å². The Labute approximate surface area is 144 Å². The van der Waals surface area contributed by atoms with E-state index in [-0.39, 0.29) is 5.91 Å². The molecule has 1 aromatic carbocycles. The molecule has 3 nitrogen and oxygen atoms in total. The van der Waals surface area contributed by atoms with E-state index in [2.05, 4.69) is 37.1 Å². The van der Waals surface area contributed by atoms with Gasteiger partial charge in [-0.2, -0.15) is 0 Å². The van der Waals surface area contributed by atoms with E-state index in [0.717, 1.165) is 18.7 Å². The van der Waals surface area contributed by atoms with Gasteiger partial charge in [-0.1, -0.05) is 38.3 Å². The molecule has 1 fully saturated rings. The van der Waals surface area contributed by atoms with Crippen molar-refractivity contribution in [1.29, 1.82) is 0 Å². The highest BCUT2D eigenvalue weighted by Crippen LogP contribution is 2.37. The van der Waals surface area contributed by atoms with Gasteiger partial charge in [-0.15, -0.1) is 11.8 Å². The summed E-state index contributed by atoms with van der Waals surface area (Å²) in [5.41, 5.74) is 1.10. The molecule has 1 heterocycles. The van der Waals surface area contributed by atoms with Crippen molar-refractivity contribution in [3.05, 3.63) is 24.3 Å². The Kier molecular flexibility index (Phi) is 5.65. The van der Waals surface area contributed by atoms with Crippen molar-refractivity contribution in [3.63, 3.8) is 0 Å². The summed E-state index contributed by atoms with van der Waals surface area (Å²) in [5, 5.41) is 0.560. The Bertz CT molecular complexity index is 542. The Morgan fingerprint density at radius 3 is 2.74 bits per heavy atom. The summed E-state index contributed by atoms with van der Waals surface area (Å²) >= 11 is 1.89. The molecule has 126 valence electrons. The number of rotatable bonds is 3. The van der Waals surface area contributed by atoms with Crippen LogP contribution in [0.5, 0.6) is 0 Å². The molecule has 0 aromatic heterocycles. The molecule has 2 aliphatic rings. The smallest absolute Gasteiger partial charge is 0.241 e. The zero-order valence-corrected chi connectivity index (χ0v) is 15.1. The third-order valence-electron chi connectivity index (χ3n) is 5.13. The van der Waals surface area contributed by atoms with Crippen LogP contribution in [0, 0.1) is 0 Å². The van der Waals surface area contributed by atoms with Gasteiger partial charge in [-0.25, -0.2) is 0 Å². The Morgan fingerprint density at radius 1 is 1.22 bits per heavy atom. The molecule has 1 aromatic rings. The number of likely N-dealkylation sites (N-methyl/N-ethyl adjacent to an activating group) is 1. The molecular formula is C19H28N2OS. The van der Waals surface area contributed by atoms with E-state index in [1.165, 1.54) is 37.0 Å². The van der Waals surface area contributed by atoms with Crippen LogP contribution in [0.15, 0.2) is 29.2 Å². The van der Waals surface area contributed by atoms with Gasteiger partial charge in [-0.3, -0.25) is 9.69 Å². The summed E-state index contributed by atoms with van der Waals surface area (Å²) < 4.78 is 0. The van der Waals surface area contributed by atoms with Gasteiger partial charge in [0.15, 0.2) is 0 Å². The number of fused-ring (bicyclic) bond motifs is 1. The second-order valence-corrected chi connectivity index (χ2v) is 8.42. The van der Waals surface area contributed by atoms with E-state index >= 15 is 0 Å². The lowest BCUT2D eigenvalue weighted by molar-refractivity contribution is -0.120. The quantitative estimate of drug-likeness (QED) is 0.830. The van der Waals surface area contributed by atoms with Crippen molar-refractivity contribution in [1.82, 2.24) is 4.90 Å². The fraction of sp³-hybridized carbons (Fsp3) is 0.632. The van der Waals surface area contributed by atoms with Crippen LogP contribution in [0.25, 0.3) is 0 Å². The van der Waals surface area contributed by atoms with Gasteiger partial charge in [0.25, 0.3) is 0 Å². The lowest BCUT2D eigenvalue weighted by Crippen LogP contribution is -2.44. The number of para-hydroxylation sites is 1. The van der Waals surface area contributed by atoms with E-state index in [1.54, 1.807) is 0 Å². The maximum absolute atomic E-state index is 12.9. The molecule has 1 aliphatic carbocycles. The highest BCUT2D eigenvalue weighted by atomic mass is 32.2. The second kappa shape index (κ2) is 7.71. The molecule has 1 saturated carbocycles. The second-order valence-electron chi connectivity index (χ2n) is 6.94. The first-order valence-corrected chi connectivity index (χ1v) is 9.79. The lowest BCUT2D eigenvalue weighted by atomic mass is 9.94. The molecule has 0 N–H and O–H groups in total. The number of hydrogen-bond acceptors (Lipinski definition) is 3. The third kappa shape index (κ3) is 4.10. The number of thioether (sulfide) groups is 1. The van der Waals surface area contributed by atoms with E-state index < -0.39 is 0 Å². The van der Waals surface area contributed by atoms with Crippen molar-refractivity contribution in [2.75, 3.05) is 25.0 Å². The summed E-state index contributed by atoms with van der Waals surface area (Å²) in [6, 6.07) is 8.94. The predicted molar refractivity (Wildman–Crippen MR) is 98.2 cm³/mol. The lowest BCUT2D eigenvalue weighted by Gasteiger charge is -2.32. The molecule has 0 radical (unpaired) electrons. The van der Waals surface area contributed by atoms with Crippen LogP contribution < -0.4 is 4.90 Å². The van der Waals surface area contributed by atoms with Crippen LogP contribution in [0.4, 0.5) is 5.69 Å². The molecule has 1 unspecified atom stereocenters. The van der Waals surface area contributed by atoms with Crippen LogP contribution in [0.2, 0.25) is 0 Å². The van der Waals surface area contributed by atoms with Crippen LogP contribution in [-0.4, -0.2) is 42.2 Å². The highest BCUT2D eigenvalue weighted by molar-refractivity contribution is 8.00. The fourth-order valence-electron chi connectivity index (χ4n) is 3.70. The van der Waals surface area contributed by atoms with E-state index in [0.29, 0.717) is 17.8 Å². The van der Waals surface area contributed by atoms with Gasteiger partial charge < -0.3 is 4.90 Å². The van der Waals surface area contributed by atoms with Crippen molar-refractivity contribution in [2.24, 2.45) is 0 Å². The van der Waals surface area contributed by atoms with E-state index in [1.807, 2.05) is 22.7 Å². The number of nitrogens with zero attached hydrogens (tertiary/aromatic N) is 2. The summed E-state index contributed by atoms with van der Waals surface area (Å²) in [6.45, 7) is 3.63. The van der Waals surface area contributed by atoms with Crippen LogP contribution in [-0.2, 0) is 4.79 Å². The number of amides is 1. The maximum Gasteiger partial charge on any atom is 0.241 e. The molecule has 0 spiro atoms. The molecule has 3 rings (SSSR count). The van der Waals surface area contributed by atoms with Crippen molar-refractivity contribution < 1.29 is 4.79 Å². The Morgan fingerprint density at radius 2 is 1.96 bits per heavy atom. The number of anilines is 1. The summed E-state index contributed by atoms with van der Waals surface area (Å²) in [4.78, 5) is 18.5. The van der Waals surface area contributed by atoms with E-state index in [9.17, 15) is 4.79 Å².